The Bertz CT molecular complexity index is 1090. The van der Waals surface area contributed by atoms with Crippen molar-refractivity contribution in [3.8, 4) is 0 Å². The van der Waals surface area contributed by atoms with Gasteiger partial charge in [-0.15, -0.1) is 6.58 Å². The lowest BCUT2D eigenvalue weighted by molar-refractivity contribution is -0.126. The lowest BCUT2D eigenvalue weighted by Crippen LogP contribution is -2.39. The number of carbonyl (C=O) groups excluding carboxylic acids is 4. The van der Waals surface area contributed by atoms with Crippen LogP contribution in [0.3, 0.4) is 0 Å². The fourth-order valence-electron chi connectivity index (χ4n) is 3.78. The summed E-state index contributed by atoms with van der Waals surface area (Å²) in [6.45, 7) is 5.69. The van der Waals surface area contributed by atoms with Crippen LogP contribution >= 0.6 is 0 Å². The quantitative estimate of drug-likeness (QED) is 0.435. The molecule has 0 fully saturated rings. The summed E-state index contributed by atoms with van der Waals surface area (Å²) in [5.74, 6) is -1.94. The predicted molar refractivity (Wildman–Crippen MR) is 109 cm³/mol. The third-order valence-electron chi connectivity index (χ3n) is 5.30. The molecule has 2 aliphatic heterocycles. The molecule has 0 aliphatic carbocycles. The highest BCUT2D eigenvalue weighted by Crippen LogP contribution is 2.29. The van der Waals surface area contributed by atoms with Crippen LogP contribution in [0.25, 0.3) is 0 Å². The molecule has 7 nitrogen and oxygen atoms in total. The van der Waals surface area contributed by atoms with Crippen molar-refractivity contribution in [2.45, 2.75) is 19.4 Å². The average molecular weight is 404 g/mol. The Morgan fingerprint density at radius 3 is 2.63 bits per heavy atom. The maximum Gasteiger partial charge on any atom is 0.338 e. The van der Waals surface area contributed by atoms with Crippen LogP contribution in [-0.4, -0.2) is 47.8 Å². The summed E-state index contributed by atoms with van der Waals surface area (Å²) in [7, 11) is 0. The molecule has 0 unspecified atom stereocenters. The van der Waals surface area contributed by atoms with E-state index in [1.165, 1.54) is 31.2 Å². The van der Waals surface area contributed by atoms with Crippen LogP contribution in [-0.2, 0) is 16.0 Å². The first-order valence-corrected chi connectivity index (χ1v) is 9.63. The van der Waals surface area contributed by atoms with E-state index in [2.05, 4.69) is 6.58 Å². The molecule has 1 atom stereocenters. The Balaban J connectivity index is 1.49. The molecule has 4 rings (SSSR count). The number of esters is 1. The summed E-state index contributed by atoms with van der Waals surface area (Å²) in [6, 6.07) is 11.8. The largest absolute Gasteiger partial charge is 0.449 e. The monoisotopic (exact) mass is 404 g/mol. The molecule has 0 saturated carbocycles. The summed E-state index contributed by atoms with van der Waals surface area (Å²) >= 11 is 0. The number of ether oxygens (including phenoxy) is 1. The van der Waals surface area contributed by atoms with Gasteiger partial charge in [0, 0.05) is 18.8 Å². The van der Waals surface area contributed by atoms with Gasteiger partial charge < -0.3 is 9.64 Å². The molecule has 2 aromatic rings. The molecule has 0 spiro atoms. The zero-order valence-corrected chi connectivity index (χ0v) is 16.5. The molecule has 7 heteroatoms. The smallest absolute Gasteiger partial charge is 0.338 e. The third-order valence-corrected chi connectivity index (χ3v) is 5.30. The molecule has 3 amide bonds. The van der Waals surface area contributed by atoms with Crippen molar-refractivity contribution >= 4 is 29.4 Å². The number of rotatable bonds is 5. The number of nitrogens with zero attached hydrogens (tertiary/aromatic N) is 2. The number of imide groups is 1. The highest BCUT2D eigenvalue weighted by Gasteiger charge is 2.36. The van der Waals surface area contributed by atoms with Gasteiger partial charge in [-0.2, -0.15) is 0 Å². The van der Waals surface area contributed by atoms with E-state index in [0.717, 1.165) is 22.6 Å². The molecular formula is C23H20N2O5. The van der Waals surface area contributed by atoms with E-state index < -0.39 is 23.9 Å². The van der Waals surface area contributed by atoms with Gasteiger partial charge >= 0.3 is 5.97 Å². The molecule has 2 heterocycles. The van der Waals surface area contributed by atoms with E-state index in [0.29, 0.717) is 6.54 Å². The Kier molecular flexibility index (Phi) is 4.95. The minimum absolute atomic E-state index is 0.0922. The first-order valence-electron chi connectivity index (χ1n) is 9.63. The van der Waals surface area contributed by atoms with Crippen molar-refractivity contribution in [3.05, 3.63) is 77.4 Å². The van der Waals surface area contributed by atoms with Gasteiger partial charge in [0.25, 0.3) is 17.7 Å². The minimum atomic E-state index is -0.994. The zero-order chi connectivity index (χ0) is 21.4. The second kappa shape index (κ2) is 7.59. The van der Waals surface area contributed by atoms with Crippen molar-refractivity contribution < 1.29 is 23.9 Å². The number of carbonyl (C=O) groups is 4. The van der Waals surface area contributed by atoms with Gasteiger partial charge in [0.2, 0.25) is 0 Å². The predicted octanol–water partition coefficient (Wildman–Crippen LogP) is 2.60. The van der Waals surface area contributed by atoms with E-state index in [9.17, 15) is 19.2 Å². The van der Waals surface area contributed by atoms with Crippen molar-refractivity contribution in [1.29, 1.82) is 0 Å². The van der Waals surface area contributed by atoms with Gasteiger partial charge in [-0.25, -0.2) is 4.79 Å². The highest BCUT2D eigenvalue weighted by molar-refractivity contribution is 6.22. The van der Waals surface area contributed by atoms with Crippen LogP contribution in [0.1, 0.15) is 43.6 Å². The molecule has 30 heavy (non-hydrogen) atoms. The topological polar surface area (TPSA) is 84.0 Å². The Hall–Kier alpha value is -3.74. The molecule has 0 saturated heterocycles. The summed E-state index contributed by atoms with van der Waals surface area (Å²) in [6.07, 6.45) is 1.22. The fraction of sp³-hybridized carbons (Fsp3) is 0.217. The Morgan fingerprint density at radius 1 is 1.13 bits per heavy atom. The second-order valence-electron chi connectivity index (χ2n) is 7.19. The summed E-state index contributed by atoms with van der Waals surface area (Å²) in [5, 5.41) is 0. The molecular weight excluding hydrogens is 384 g/mol. The van der Waals surface area contributed by atoms with Gasteiger partial charge in [0.15, 0.2) is 6.10 Å². The maximum absolute atomic E-state index is 12.8. The Labute approximate surface area is 173 Å². The van der Waals surface area contributed by atoms with E-state index >= 15 is 0 Å². The molecule has 152 valence electrons. The maximum atomic E-state index is 12.8. The number of amides is 3. The minimum Gasteiger partial charge on any atom is -0.449 e. The number of para-hydroxylation sites is 1. The van der Waals surface area contributed by atoms with Crippen LogP contribution in [0.5, 0.6) is 0 Å². The average Bonchev–Trinajstić information content (AvgIpc) is 3.28. The lowest BCUT2D eigenvalue weighted by atomic mass is 10.1. The Morgan fingerprint density at radius 2 is 1.87 bits per heavy atom. The van der Waals surface area contributed by atoms with Crippen molar-refractivity contribution in [1.82, 2.24) is 4.90 Å². The van der Waals surface area contributed by atoms with E-state index in [1.54, 1.807) is 4.90 Å². The molecule has 0 N–H and O–H groups in total. The summed E-state index contributed by atoms with van der Waals surface area (Å²) in [4.78, 5) is 52.8. The van der Waals surface area contributed by atoms with Crippen LogP contribution in [0.15, 0.2) is 55.1 Å². The molecule has 0 radical (unpaired) electrons. The lowest BCUT2D eigenvalue weighted by Gasteiger charge is -2.21. The highest BCUT2D eigenvalue weighted by atomic mass is 16.5. The standard InChI is InChI=1S/C23H20N2O5/c1-3-11-25-21(27)17-9-8-16(13-18(17)22(25)28)23(29)30-14(2)20(26)24-12-10-15-6-4-5-7-19(15)24/h3-9,13-14H,1,10-12H2,2H3/t14-/m1/s1. The number of benzene rings is 2. The fourth-order valence-corrected chi connectivity index (χ4v) is 3.78. The third kappa shape index (κ3) is 3.18. The summed E-state index contributed by atoms with van der Waals surface area (Å²) < 4.78 is 5.37. The number of fused-ring (bicyclic) bond motifs is 2. The van der Waals surface area contributed by atoms with Crippen LogP contribution < -0.4 is 4.90 Å². The zero-order valence-electron chi connectivity index (χ0n) is 16.5. The van der Waals surface area contributed by atoms with E-state index in [1.807, 2.05) is 24.3 Å². The first kappa shape index (κ1) is 19.6. The van der Waals surface area contributed by atoms with Gasteiger partial charge in [0.1, 0.15) is 0 Å². The van der Waals surface area contributed by atoms with Crippen LogP contribution in [0.2, 0.25) is 0 Å². The number of hydrogen-bond acceptors (Lipinski definition) is 5. The number of hydrogen-bond donors (Lipinski definition) is 0. The van der Waals surface area contributed by atoms with Crippen molar-refractivity contribution in [2.24, 2.45) is 0 Å². The van der Waals surface area contributed by atoms with E-state index in [4.69, 9.17) is 4.74 Å². The number of anilines is 1. The molecule has 0 bridgehead atoms. The van der Waals surface area contributed by atoms with Crippen LogP contribution in [0, 0.1) is 0 Å². The van der Waals surface area contributed by atoms with Crippen molar-refractivity contribution in [3.63, 3.8) is 0 Å². The van der Waals surface area contributed by atoms with Crippen LogP contribution in [0.4, 0.5) is 5.69 Å². The first-order chi connectivity index (χ1) is 14.4. The van der Waals surface area contributed by atoms with Gasteiger partial charge in [0.05, 0.1) is 16.7 Å². The van der Waals surface area contributed by atoms with Gasteiger partial charge in [-0.1, -0.05) is 24.3 Å². The molecule has 2 aliphatic rings. The van der Waals surface area contributed by atoms with Gasteiger partial charge in [-0.3, -0.25) is 19.3 Å². The van der Waals surface area contributed by atoms with Gasteiger partial charge in [-0.05, 0) is 43.2 Å². The second-order valence-corrected chi connectivity index (χ2v) is 7.19. The summed E-state index contributed by atoms with van der Waals surface area (Å²) in [5.41, 5.74) is 2.39. The molecule has 0 aromatic heterocycles. The normalized spacial score (nSPS) is 15.6. The van der Waals surface area contributed by atoms with E-state index in [-0.39, 0.29) is 29.1 Å². The SMILES string of the molecule is C=CCN1C(=O)c2ccc(C(=O)O[C@H](C)C(=O)N3CCc4ccccc43)cc2C1=O. The van der Waals surface area contributed by atoms with Crippen molar-refractivity contribution in [2.75, 3.05) is 18.0 Å². The molecule has 2 aromatic carbocycles.